The van der Waals surface area contributed by atoms with Crippen LogP contribution >= 0.6 is 0 Å². The molecule has 2 aliphatic carbocycles. The SMILES string of the molecule is O=C(N[C@H]1C[C@H]2CC[C@H]1C2)[C@H]1CCCN(S(=O)(=O)Cc2ccccc2)C1. The second-order valence-corrected chi connectivity index (χ2v) is 10.2. The van der Waals surface area contributed by atoms with Crippen LogP contribution in [0.25, 0.3) is 0 Å². The molecule has 0 radical (unpaired) electrons. The third-order valence-corrected chi connectivity index (χ3v) is 8.22. The maximum Gasteiger partial charge on any atom is 0.224 e. The summed E-state index contributed by atoms with van der Waals surface area (Å²) in [5.41, 5.74) is 0.793. The van der Waals surface area contributed by atoms with E-state index in [0.717, 1.165) is 30.7 Å². The van der Waals surface area contributed by atoms with E-state index in [1.807, 2.05) is 30.3 Å². The molecule has 1 aliphatic heterocycles. The first-order chi connectivity index (χ1) is 12.5. The zero-order valence-electron chi connectivity index (χ0n) is 15.1. The predicted octanol–water partition coefficient (Wildman–Crippen LogP) is 2.53. The van der Waals surface area contributed by atoms with E-state index >= 15 is 0 Å². The van der Waals surface area contributed by atoms with Crippen LogP contribution in [0.2, 0.25) is 0 Å². The quantitative estimate of drug-likeness (QED) is 0.859. The normalized spacial score (nSPS) is 31.8. The van der Waals surface area contributed by atoms with E-state index < -0.39 is 10.0 Å². The summed E-state index contributed by atoms with van der Waals surface area (Å²) in [7, 11) is -3.39. The van der Waals surface area contributed by atoms with Crippen LogP contribution in [0, 0.1) is 17.8 Å². The van der Waals surface area contributed by atoms with Crippen LogP contribution in [0.4, 0.5) is 0 Å². The Bertz CT molecular complexity index is 750. The van der Waals surface area contributed by atoms with Crippen LogP contribution in [0.15, 0.2) is 30.3 Å². The van der Waals surface area contributed by atoms with Crippen molar-refractivity contribution in [3.8, 4) is 0 Å². The number of amides is 1. The van der Waals surface area contributed by atoms with Crippen molar-refractivity contribution >= 4 is 15.9 Å². The summed E-state index contributed by atoms with van der Waals surface area (Å²) in [5.74, 6) is 1.29. The van der Waals surface area contributed by atoms with Gasteiger partial charge in [-0.2, -0.15) is 0 Å². The first kappa shape index (κ1) is 18.0. The monoisotopic (exact) mass is 376 g/mol. The molecule has 142 valence electrons. The Hall–Kier alpha value is -1.40. The Labute approximate surface area is 156 Å². The van der Waals surface area contributed by atoms with Crippen LogP contribution in [0.1, 0.15) is 44.1 Å². The van der Waals surface area contributed by atoms with Crippen LogP contribution in [0.5, 0.6) is 0 Å². The number of nitrogens with zero attached hydrogens (tertiary/aromatic N) is 1. The number of hydrogen-bond acceptors (Lipinski definition) is 3. The largest absolute Gasteiger partial charge is 0.353 e. The van der Waals surface area contributed by atoms with E-state index in [4.69, 9.17) is 0 Å². The van der Waals surface area contributed by atoms with Gasteiger partial charge in [0.25, 0.3) is 0 Å². The Morgan fingerprint density at radius 3 is 2.62 bits per heavy atom. The first-order valence-electron chi connectivity index (χ1n) is 9.83. The smallest absolute Gasteiger partial charge is 0.224 e. The minimum absolute atomic E-state index is 0.00849. The van der Waals surface area contributed by atoms with Gasteiger partial charge in [0.05, 0.1) is 11.7 Å². The molecule has 5 nitrogen and oxygen atoms in total. The summed E-state index contributed by atoms with van der Waals surface area (Å²) in [6.07, 6.45) is 6.45. The molecule has 1 saturated heterocycles. The highest BCUT2D eigenvalue weighted by atomic mass is 32.2. The summed E-state index contributed by atoms with van der Waals surface area (Å²) >= 11 is 0. The molecule has 3 fully saturated rings. The first-order valence-corrected chi connectivity index (χ1v) is 11.4. The van der Waals surface area contributed by atoms with E-state index in [9.17, 15) is 13.2 Å². The Balaban J connectivity index is 1.36. The number of carbonyl (C=O) groups excluding carboxylic acids is 1. The predicted molar refractivity (Wildman–Crippen MR) is 101 cm³/mol. The van der Waals surface area contributed by atoms with Gasteiger partial charge < -0.3 is 5.32 Å². The third-order valence-electron chi connectivity index (χ3n) is 6.41. The van der Waals surface area contributed by atoms with Crippen molar-refractivity contribution in [2.75, 3.05) is 13.1 Å². The number of hydrogen-bond donors (Lipinski definition) is 1. The number of benzene rings is 1. The van der Waals surface area contributed by atoms with Gasteiger partial charge in [0.15, 0.2) is 0 Å². The third kappa shape index (κ3) is 3.81. The van der Waals surface area contributed by atoms with Crippen LogP contribution in [-0.2, 0) is 20.6 Å². The molecule has 1 heterocycles. The maximum absolute atomic E-state index is 12.8. The van der Waals surface area contributed by atoms with Gasteiger partial charge >= 0.3 is 0 Å². The fraction of sp³-hybridized carbons (Fsp3) is 0.650. The highest BCUT2D eigenvalue weighted by molar-refractivity contribution is 7.88. The second-order valence-electron chi connectivity index (χ2n) is 8.23. The van der Waals surface area contributed by atoms with E-state index in [1.54, 1.807) is 0 Å². The topological polar surface area (TPSA) is 66.5 Å². The lowest BCUT2D eigenvalue weighted by Gasteiger charge is -2.33. The molecule has 1 N–H and O–H groups in total. The number of rotatable bonds is 5. The number of sulfonamides is 1. The molecule has 2 saturated carbocycles. The zero-order chi connectivity index (χ0) is 18.1. The lowest BCUT2D eigenvalue weighted by atomic mass is 9.93. The minimum Gasteiger partial charge on any atom is -0.353 e. The van der Waals surface area contributed by atoms with E-state index in [-0.39, 0.29) is 17.6 Å². The molecule has 26 heavy (non-hydrogen) atoms. The molecule has 2 bridgehead atoms. The molecule has 1 aromatic carbocycles. The van der Waals surface area contributed by atoms with Gasteiger partial charge in [-0.25, -0.2) is 12.7 Å². The minimum atomic E-state index is -3.39. The molecular formula is C20H28N2O3S. The molecule has 6 heteroatoms. The molecule has 0 unspecified atom stereocenters. The van der Waals surface area contributed by atoms with Gasteiger partial charge in [-0.3, -0.25) is 4.79 Å². The number of nitrogens with one attached hydrogen (secondary N) is 1. The fourth-order valence-electron chi connectivity index (χ4n) is 5.01. The van der Waals surface area contributed by atoms with Gasteiger partial charge in [-0.05, 0) is 49.5 Å². The van der Waals surface area contributed by atoms with Crippen LogP contribution < -0.4 is 5.32 Å². The summed E-state index contributed by atoms with van der Waals surface area (Å²) in [6.45, 7) is 0.842. The van der Waals surface area contributed by atoms with Crippen molar-refractivity contribution < 1.29 is 13.2 Å². The van der Waals surface area contributed by atoms with E-state index in [1.165, 1.54) is 23.6 Å². The average molecular weight is 377 g/mol. The Morgan fingerprint density at radius 1 is 1.12 bits per heavy atom. The lowest BCUT2D eigenvalue weighted by Crippen LogP contribution is -2.48. The van der Waals surface area contributed by atoms with Gasteiger partial charge in [-0.1, -0.05) is 36.8 Å². The molecule has 4 atom stereocenters. The summed E-state index contributed by atoms with van der Waals surface area (Å²) in [4.78, 5) is 12.7. The van der Waals surface area contributed by atoms with E-state index in [0.29, 0.717) is 25.0 Å². The number of piperidine rings is 1. The molecule has 4 rings (SSSR count). The van der Waals surface area contributed by atoms with Gasteiger partial charge in [-0.15, -0.1) is 0 Å². The second kappa shape index (κ2) is 7.31. The van der Waals surface area contributed by atoms with Gasteiger partial charge in [0.1, 0.15) is 0 Å². The molecule has 0 spiro atoms. The molecule has 1 aromatic rings. The molecule has 0 aromatic heterocycles. The standard InChI is InChI=1S/C20H28N2O3S/c23-20(21-19-12-16-8-9-17(19)11-16)18-7-4-10-22(13-18)26(24,25)14-15-5-2-1-3-6-15/h1-3,5-6,16-19H,4,7-14H2,(H,21,23)/t16-,17-,18-,19-/m0/s1. The van der Waals surface area contributed by atoms with Crippen molar-refractivity contribution in [3.63, 3.8) is 0 Å². The number of fused-ring (bicyclic) bond motifs is 2. The van der Waals surface area contributed by atoms with Crippen molar-refractivity contribution in [2.45, 2.75) is 50.3 Å². The lowest BCUT2D eigenvalue weighted by molar-refractivity contribution is -0.127. The maximum atomic E-state index is 12.8. The van der Waals surface area contributed by atoms with Crippen molar-refractivity contribution in [1.29, 1.82) is 0 Å². The highest BCUT2D eigenvalue weighted by Gasteiger charge is 2.41. The summed E-state index contributed by atoms with van der Waals surface area (Å²) < 4.78 is 27.1. The van der Waals surface area contributed by atoms with Gasteiger partial charge in [0.2, 0.25) is 15.9 Å². The average Bonchev–Trinajstić information content (AvgIpc) is 3.25. The molecule has 1 amide bonds. The highest BCUT2D eigenvalue weighted by Crippen LogP contribution is 2.44. The fourth-order valence-corrected chi connectivity index (χ4v) is 6.62. The number of carbonyl (C=O) groups is 1. The summed E-state index contributed by atoms with van der Waals surface area (Å²) in [6, 6.07) is 9.58. The Morgan fingerprint density at radius 2 is 1.92 bits per heavy atom. The van der Waals surface area contributed by atoms with Crippen molar-refractivity contribution in [2.24, 2.45) is 17.8 Å². The van der Waals surface area contributed by atoms with Crippen molar-refractivity contribution in [1.82, 2.24) is 9.62 Å². The summed E-state index contributed by atoms with van der Waals surface area (Å²) in [5, 5.41) is 3.24. The zero-order valence-corrected chi connectivity index (χ0v) is 16.0. The van der Waals surface area contributed by atoms with Crippen LogP contribution in [0.3, 0.4) is 0 Å². The molecule has 3 aliphatic rings. The van der Waals surface area contributed by atoms with Crippen LogP contribution in [-0.4, -0.2) is 37.8 Å². The molecular weight excluding hydrogens is 348 g/mol. The van der Waals surface area contributed by atoms with Gasteiger partial charge in [0, 0.05) is 19.1 Å². The van der Waals surface area contributed by atoms with E-state index in [2.05, 4.69) is 5.32 Å². The van der Waals surface area contributed by atoms with Crippen molar-refractivity contribution in [3.05, 3.63) is 35.9 Å². The Kier molecular flexibility index (Phi) is 5.06.